The van der Waals surface area contributed by atoms with Crippen LogP contribution in [-0.2, 0) is 16.4 Å². The fourth-order valence-electron chi connectivity index (χ4n) is 3.18. The van der Waals surface area contributed by atoms with E-state index in [0.717, 1.165) is 5.56 Å². The highest BCUT2D eigenvalue weighted by Gasteiger charge is 2.36. The quantitative estimate of drug-likeness (QED) is 0.907. The number of hydrogen-bond donors (Lipinski definition) is 1. The van der Waals surface area contributed by atoms with Gasteiger partial charge >= 0.3 is 0 Å². The first-order valence-electron chi connectivity index (χ1n) is 7.92. The average molecular weight is 360 g/mol. The van der Waals surface area contributed by atoms with Crippen molar-refractivity contribution in [1.82, 2.24) is 5.32 Å². The first-order valence-corrected chi connectivity index (χ1v) is 9.36. The van der Waals surface area contributed by atoms with Crippen molar-refractivity contribution >= 4 is 21.6 Å². The van der Waals surface area contributed by atoms with Crippen molar-refractivity contribution in [3.63, 3.8) is 0 Å². The van der Waals surface area contributed by atoms with Gasteiger partial charge in [-0.25, -0.2) is 8.42 Å². The van der Waals surface area contributed by atoms with E-state index in [-0.39, 0.29) is 16.5 Å². The second kappa shape index (κ2) is 6.40. The molecule has 132 valence electrons. The monoisotopic (exact) mass is 360 g/mol. The molecule has 1 amide bonds. The Morgan fingerprint density at radius 2 is 1.96 bits per heavy atom. The predicted octanol–water partition coefficient (Wildman–Crippen LogP) is 2.19. The summed E-state index contributed by atoms with van der Waals surface area (Å²) in [6.45, 7) is 1.88. The molecule has 0 unspecified atom stereocenters. The molecular weight excluding hydrogens is 340 g/mol. The number of nitrogens with zero attached hydrogens (tertiary/aromatic N) is 1. The lowest BCUT2D eigenvalue weighted by Gasteiger charge is -2.25. The van der Waals surface area contributed by atoms with E-state index in [4.69, 9.17) is 4.74 Å². The van der Waals surface area contributed by atoms with E-state index in [9.17, 15) is 13.2 Å². The topological polar surface area (TPSA) is 75.7 Å². The zero-order valence-electron chi connectivity index (χ0n) is 14.3. The van der Waals surface area contributed by atoms with Crippen molar-refractivity contribution in [2.75, 3.05) is 18.5 Å². The maximum Gasteiger partial charge on any atom is 0.264 e. The molecule has 0 bridgehead atoms. The minimum absolute atomic E-state index is 0.0652. The van der Waals surface area contributed by atoms with Gasteiger partial charge in [-0.15, -0.1) is 0 Å². The molecular formula is C18H20N2O4S. The average Bonchev–Trinajstić information content (AvgIpc) is 2.96. The Morgan fingerprint density at radius 1 is 1.24 bits per heavy atom. The van der Waals surface area contributed by atoms with E-state index in [1.807, 2.05) is 25.1 Å². The minimum atomic E-state index is -3.79. The lowest BCUT2D eigenvalue weighted by Crippen LogP contribution is -2.35. The van der Waals surface area contributed by atoms with E-state index in [0.29, 0.717) is 17.9 Å². The molecule has 6 nitrogen and oxygen atoms in total. The number of anilines is 1. The van der Waals surface area contributed by atoms with Crippen LogP contribution in [-0.4, -0.2) is 34.5 Å². The van der Waals surface area contributed by atoms with Gasteiger partial charge in [0, 0.05) is 13.1 Å². The highest BCUT2D eigenvalue weighted by Crippen LogP contribution is 2.37. The highest BCUT2D eigenvalue weighted by atomic mass is 32.2. The third kappa shape index (κ3) is 2.84. The molecule has 2 aromatic carbocycles. The van der Waals surface area contributed by atoms with Crippen LogP contribution in [0, 0.1) is 0 Å². The Bertz CT molecular complexity index is 924. The molecule has 1 atom stereocenters. The van der Waals surface area contributed by atoms with Crippen molar-refractivity contribution in [2.45, 2.75) is 24.3 Å². The summed E-state index contributed by atoms with van der Waals surface area (Å²) in [5.74, 6) is -0.0723. The summed E-state index contributed by atoms with van der Waals surface area (Å²) >= 11 is 0. The van der Waals surface area contributed by atoms with E-state index in [2.05, 4.69) is 5.32 Å². The normalized spacial score (nSPS) is 16.4. The third-order valence-corrected chi connectivity index (χ3v) is 6.27. The summed E-state index contributed by atoms with van der Waals surface area (Å²) in [6.07, 6.45) is 0.661. The first kappa shape index (κ1) is 17.3. The molecule has 1 aliphatic heterocycles. The number of para-hydroxylation sites is 1. The number of ether oxygens (including phenoxy) is 1. The molecule has 25 heavy (non-hydrogen) atoms. The highest BCUT2D eigenvalue weighted by molar-refractivity contribution is 7.92. The lowest BCUT2D eigenvalue weighted by atomic mass is 10.1. The Balaban J connectivity index is 2.11. The van der Waals surface area contributed by atoms with Crippen LogP contribution < -0.4 is 14.4 Å². The van der Waals surface area contributed by atoms with Crippen LogP contribution in [0.4, 0.5) is 5.69 Å². The minimum Gasteiger partial charge on any atom is -0.496 e. The number of carbonyl (C=O) groups is 1. The summed E-state index contributed by atoms with van der Waals surface area (Å²) in [6, 6.07) is 11.6. The van der Waals surface area contributed by atoms with Gasteiger partial charge in [-0.2, -0.15) is 0 Å². The molecule has 1 heterocycles. The molecule has 0 aromatic heterocycles. The Morgan fingerprint density at radius 3 is 2.64 bits per heavy atom. The van der Waals surface area contributed by atoms with Gasteiger partial charge in [-0.05, 0) is 43.2 Å². The molecule has 1 aliphatic rings. The van der Waals surface area contributed by atoms with Gasteiger partial charge in [0.2, 0.25) is 0 Å². The van der Waals surface area contributed by atoms with Crippen LogP contribution in [0.1, 0.15) is 22.8 Å². The van der Waals surface area contributed by atoms with Crippen LogP contribution >= 0.6 is 0 Å². The fraction of sp³-hybridized carbons (Fsp3) is 0.278. The molecule has 0 fully saturated rings. The summed E-state index contributed by atoms with van der Waals surface area (Å²) in [5, 5.41) is 2.50. The number of benzene rings is 2. The van der Waals surface area contributed by atoms with Crippen LogP contribution in [0.15, 0.2) is 47.4 Å². The number of nitrogens with one attached hydrogen (secondary N) is 1. The summed E-state index contributed by atoms with van der Waals surface area (Å²) in [4.78, 5) is 12.1. The van der Waals surface area contributed by atoms with Gasteiger partial charge in [0.1, 0.15) is 5.75 Å². The maximum absolute atomic E-state index is 13.2. The van der Waals surface area contributed by atoms with Crippen molar-refractivity contribution in [1.29, 1.82) is 0 Å². The summed E-state index contributed by atoms with van der Waals surface area (Å²) in [7, 11) is -0.866. The molecule has 7 heteroatoms. The number of carbonyl (C=O) groups excluding carboxylic acids is 1. The number of methoxy groups -OCH3 is 1. The summed E-state index contributed by atoms with van der Waals surface area (Å²) < 4.78 is 33.0. The predicted molar refractivity (Wildman–Crippen MR) is 95.7 cm³/mol. The molecule has 0 spiro atoms. The molecule has 0 saturated heterocycles. The number of sulfonamides is 1. The van der Waals surface area contributed by atoms with Crippen molar-refractivity contribution in [3.05, 3.63) is 53.6 Å². The Kier molecular flexibility index (Phi) is 4.43. The molecule has 3 rings (SSSR count). The van der Waals surface area contributed by atoms with Crippen LogP contribution in [0.25, 0.3) is 0 Å². The van der Waals surface area contributed by atoms with Crippen LogP contribution in [0.5, 0.6) is 5.75 Å². The van der Waals surface area contributed by atoms with Crippen LogP contribution in [0.2, 0.25) is 0 Å². The van der Waals surface area contributed by atoms with Gasteiger partial charge in [-0.1, -0.05) is 18.2 Å². The smallest absolute Gasteiger partial charge is 0.264 e. The maximum atomic E-state index is 13.2. The molecule has 2 aromatic rings. The second-order valence-corrected chi connectivity index (χ2v) is 7.74. The van der Waals surface area contributed by atoms with E-state index >= 15 is 0 Å². The van der Waals surface area contributed by atoms with Crippen LogP contribution in [0.3, 0.4) is 0 Å². The Labute approximate surface area is 147 Å². The zero-order valence-corrected chi connectivity index (χ0v) is 15.1. The summed E-state index contributed by atoms with van der Waals surface area (Å²) in [5.41, 5.74) is 1.87. The number of hydrogen-bond acceptors (Lipinski definition) is 4. The van der Waals surface area contributed by atoms with Crippen molar-refractivity contribution < 1.29 is 17.9 Å². The van der Waals surface area contributed by atoms with Gasteiger partial charge in [0.25, 0.3) is 15.9 Å². The molecule has 0 saturated carbocycles. The van der Waals surface area contributed by atoms with E-state index < -0.39 is 15.9 Å². The lowest BCUT2D eigenvalue weighted by molar-refractivity contribution is 0.0960. The van der Waals surface area contributed by atoms with Crippen molar-refractivity contribution in [3.8, 4) is 5.75 Å². The number of rotatable bonds is 4. The third-order valence-electron chi connectivity index (χ3n) is 4.34. The van der Waals surface area contributed by atoms with Gasteiger partial charge in [0.15, 0.2) is 0 Å². The SMILES string of the molecule is CNC(=O)c1cc(S(=O)(=O)N2c3ccccc3C[C@@H]2C)ccc1OC. The molecule has 0 radical (unpaired) electrons. The largest absolute Gasteiger partial charge is 0.496 e. The second-order valence-electron chi connectivity index (χ2n) is 5.92. The van der Waals surface area contributed by atoms with Gasteiger partial charge < -0.3 is 10.1 Å². The molecule has 1 N–H and O–H groups in total. The molecule has 0 aliphatic carbocycles. The Hall–Kier alpha value is -2.54. The fourth-order valence-corrected chi connectivity index (χ4v) is 4.90. The van der Waals surface area contributed by atoms with E-state index in [1.165, 1.54) is 36.7 Å². The number of fused-ring (bicyclic) bond motifs is 1. The standard InChI is InChI=1S/C18H20N2O4S/c1-12-10-13-6-4-5-7-16(13)20(12)25(22,23)14-8-9-17(24-3)15(11-14)18(21)19-2/h4-9,11-12H,10H2,1-3H3,(H,19,21)/t12-/m0/s1. The van der Waals surface area contributed by atoms with E-state index in [1.54, 1.807) is 6.07 Å². The zero-order chi connectivity index (χ0) is 18.2. The first-order chi connectivity index (χ1) is 11.9. The number of amides is 1. The van der Waals surface area contributed by atoms with Crippen molar-refractivity contribution in [2.24, 2.45) is 0 Å². The van der Waals surface area contributed by atoms with Gasteiger partial charge in [-0.3, -0.25) is 9.10 Å². The van der Waals surface area contributed by atoms with Gasteiger partial charge in [0.05, 0.1) is 23.3 Å².